The molecule has 3 aromatic heterocycles. The van der Waals surface area contributed by atoms with Crippen LogP contribution in [-0.2, 0) is 26.4 Å². The fourth-order valence-electron chi connectivity index (χ4n) is 4.47. The van der Waals surface area contributed by atoms with Crippen LogP contribution in [0.15, 0.2) is 52.0 Å². The molecule has 0 aliphatic heterocycles. The zero-order valence-electron chi connectivity index (χ0n) is 24.2. The lowest BCUT2D eigenvalue weighted by molar-refractivity contribution is -0.129. The highest BCUT2D eigenvalue weighted by molar-refractivity contribution is 7.21. The van der Waals surface area contributed by atoms with Gasteiger partial charge in [0.05, 0.1) is 30.9 Å². The molecule has 0 saturated heterocycles. The van der Waals surface area contributed by atoms with Gasteiger partial charge in [0.25, 0.3) is 5.56 Å². The van der Waals surface area contributed by atoms with Gasteiger partial charge in [-0.2, -0.15) is 5.10 Å². The molecule has 0 aliphatic rings. The number of nitrogens with one attached hydrogen (secondary N) is 1. The Morgan fingerprint density at radius 1 is 1.26 bits per heavy atom. The quantitative estimate of drug-likeness (QED) is 0.283. The molecule has 3 heterocycles. The van der Waals surface area contributed by atoms with Gasteiger partial charge in [0.1, 0.15) is 21.5 Å². The van der Waals surface area contributed by atoms with Gasteiger partial charge >= 0.3 is 5.69 Å². The maximum Gasteiger partial charge on any atom is 0.333 e. The van der Waals surface area contributed by atoms with Crippen LogP contribution in [0.1, 0.15) is 54.0 Å². The number of methoxy groups -OCH3 is 1. The molecule has 1 N–H and O–H groups in total. The third-order valence-electron chi connectivity index (χ3n) is 6.50. The number of thiophene rings is 1. The third kappa shape index (κ3) is 5.79. The topological polar surface area (TPSA) is 109 Å². The van der Waals surface area contributed by atoms with E-state index >= 15 is 0 Å². The normalized spacial score (nSPS) is 13.6. The number of hydrogen-bond acceptors (Lipinski definition) is 7. The lowest BCUT2D eigenvalue weighted by atomic mass is 10.0. The van der Waals surface area contributed by atoms with Gasteiger partial charge in [-0.15, -0.1) is 0 Å². The molecule has 1 atom stereocenters. The van der Waals surface area contributed by atoms with Crippen LogP contribution < -0.4 is 16.6 Å². The number of hydrogen-bond donors (Lipinski definition) is 1. The second kappa shape index (κ2) is 11.7. The minimum atomic E-state index is -1.47. The van der Waals surface area contributed by atoms with Crippen LogP contribution in [-0.4, -0.2) is 50.2 Å². The Morgan fingerprint density at radius 2 is 1.92 bits per heavy atom. The number of ether oxygens (including phenoxy) is 2. The number of aromatic nitrogens is 4. The lowest BCUT2D eigenvalue weighted by Crippen LogP contribution is -2.57. The molecular weight excluding hydrogens is 518 g/mol. The summed E-state index contributed by atoms with van der Waals surface area (Å²) in [6.07, 6.45) is 4.29. The van der Waals surface area contributed by atoms with E-state index in [0.29, 0.717) is 32.1 Å². The number of carbonyl (C=O) groups is 1. The highest BCUT2D eigenvalue weighted by Gasteiger charge is 2.36. The molecule has 0 aromatic carbocycles. The number of carbonyl (C=O) groups excluding carboxylic acids is 1. The van der Waals surface area contributed by atoms with E-state index in [2.05, 4.69) is 17.0 Å². The number of allylic oxidation sites excluding steroid dienone is 1. The first-order valence-electron chi connectivity index (χ1n) is 12.9. The van der Waals surface area contributed by atoms with E-state index in [4.69, 9.17) is 9.47 Å². The predicted octanol–water partition coefficient (Wildman–Crippen LogP) is 3.88. The van der Waals surface area contributed by atoms with Crippen LogP contribution in [0.2, 0.25) is 0 Å². The molecule has 10 nitrogen and oxygen atoms in total. The number of nitrogens with zero attached hydrogens (tertiary/aromatic N) is 4. The average Bonchev–Trinajstić information content (AvgIpc) is 3.49. The predicted molar refractivity (Wildman–Crippen MR) is 155 cm³/mol. The summed E-state index contributed by atoms with van der Waals surface area (Å²) in [4.78, 5) is 42.0. The Kier molecular flexibility index (Phi) is 9.07. The highest BCUT2D eigenvalue weighted by Crippen LogP contribution is 2.32. The number of amides is 1. The first-order valence-corrected chi connectivity index (χ1v) is 13.7. The summed E-state index contributed by atoms with van der Waals surface area (Å²) in [5, 5.41) is 8.24. The molecule has 212 valence electrons. The molecule has 0 saturated carbocycles. The van der Waals surface area contributed by atoms with E-state index in [1.807, 2.05) is 34.6 Å². The second-order valence-corrected chi connectivity index (χ2v) is 11.5. The second-order valence-electron chi connectivity index (χ2n) is 10.5. The molecule has 3 aromatic rings. The molecule has 0 fully saturated rings. The van der Waals surface area contributed by atoms with Crippen molar-refractivity contribution in [3.8, 4) is 5.00 Å². The maximum atomic E-state index is 14.2. The van der Waals surface area contributed by atoms with Crippen LogP contribution in [0.4, 0.5) is 0 Å². The minimum Gasteiger partial charge on any atom is -0.501 e. The molecule has 0 aliphatic carbocycles. The zero-order valence-corrected chi connectivity index (χ0v) is 25.0. The van der Waals surface area contributed by atoms with E-state index in [1.165, 1.54) is 15.9 Å². The molecule has 0 bridgehead atoms. The number of aryl methyl sites for hydroxylation is 1. The first-order chi connectivity index (χ1) is 18.3. The summed E-state index contributed by atoms with van der Waals surface area (Å²) in [5.41, 5.74) is -1.26. The smallest absolute Gasteiger partial charge is 0.333 e. The van der Waals surface area contributed by atoms with Gasteiger partial charge in [0.15, 0.2) is 0 Å². The third-order valence-corrected chi connectivity index (χ3v) is 7.80. The Balaban J connectivity index is 2.42. The van der Waals surface area contributed by atoms with Crippen molar-refractivity contribution in [3.05, 3.63) is 68.8 Å². The largest absolute Gasteiger partial charge is 0.501 e. The van der Waals surface area contributed by atoms with Gasteiger partial charge in [-0.1, -0.05) is 24.0 Å². The standard InChI is InChI=1S/C28H39N5O5S/c1-11-20(19(7)37-10)21(38-17(4)5)15-31-25-22(18(6)24(39-25)32-14-12-13-29-32)23(34)33(27(31)36)28(8,9)26(35)30-16(2)3/h11-14,16-17,21H,1,15H2,2-10H3,(H,30,35)/b20-19-/t21-/m0/s1. The van der Waals surface area contributed by atoms with Crippen molar-refractivity contribution in [3.63, 3.8) is 0 Å². The molecular formula is C28H39N5O5S. The molecule has 0 unspecified atom stereocenters. The molecule has 11 heteroatoms. The van der Waals surface area contributed by atoms with Gasteiger partial charge in [-0.25, -0.2) is 14.0 Å². The summed E-state index contributed by atoms with van der Waals surface area (Å²) in [5.74, 6) is 0.171. The van der Waals surface area contributed by atoms with Crippen LogP contribution in [0.3, 0.4) is 0 Å². The Bertz CT molecular complexity index is 1510. The van der Waals surface area contributed by atoms with Crippen molar-refractivity contribution >= 4 is 27.5 Å². The summed E-state index contributed by atoms with van der Waals surface area (Å²) >= 11 is 1.29. The van der Waals surface area contributed by atoms with Gasteiger partial charge in [-0.3, -0.25) is 14.2 Å². The van der Waals surface area contributed by atoms with Crippen molar-refractivity contribution in [1.82, 2.24) is 24.2 Å². The van der Waals surface area contributed by atoms with E-state index in [0.717, 1.165) is 4.57 Å². The van der Waals surface area contributed by atoms with Crippen LogP contribution >= 0.6 is 11.3 Å². The fraction of sp³-hybridized carbons (Fsp3) is 0.500. The summed E-state index contributed by atoms with van der Waals surface area (Å²) in [7, 11) is 1.56. The molecule has 0 spiro atoms. The van der Waals surface area contributed by atoms with Crippen molar-refractivity contribution in [2.24, 2.45) is 0 Å². The van der Waals surface area contributed by atoms with E-state index < -0.39 is 28.8 Å². The molecule has 0 radical (unpaired) electrons. The van der Waals surface area contributed by atoms with Crippen LogP contribution in [0.25, 0.3) is 15.2 Å². The monoisotopic (exact) mass is 557 g/mol. The van der Waals surface area contributed by atoms with Gasteiger partial charge in [0, 0.05) is 29.6 Å². The summed E-state index contributed by atoms with van der Waals surface area (Å²) in [6.45, 7) is 18.2. The summed E-state index contributed by atoms with van der Waals surface area (Å²) < 4.78 is 16.0. The molecule has 1 amide bonds. The minimum absolute atomic E-state index is 0.0657. The highest BCUT2D eigenvalue weighted by atomic mass is 32.1. The number of rotatable bonds is 11. The molecule has 3 rings (SSSR count). The zero-order chi connectivity index (χ0) is 29.2. The van der Waals surface area contributed by atoms with Gasteiger partial charge in [0.2, 0.25) is 5.91 Å². The Hall–Kier alpha value is -3.44. The number of fused-ring (bicyclic) bond motifs is 1. The summed E-state index contributed by atoms with van der Waals surface area (Å²) in [6, 6.07) is 1.62. The van der Waals surface area contributed by atoms with Crippen molar-refractivity contribution in [1.29, 1.82) is 0 Å². The van der Waals surface area contributed by atoms with E-state index in [-0.39, 0.29) is 18.7 Å². The van der Waals surface area contributed by atoms with Gasteiger partial charge in [-0.05, 0) is 61.5 Å². The first kappa shape index (κ1) is 30.1. The van der Waals surface area contributed by atoms with E-state index in [1.54, 1.807) is 57.1 Å². The van der Waals surface area contributed by atoms with Crippen LogP contribution in [0.5, 0.6) is 0 Å². The van der Waals surface area contributed by atoms with Gasteiger partial charge < -0.3 is 14.8 Å². The van der Waals surface area contributed by atoms with Crippen LogP contribution in [0, 0.1) is 6.92 Å². The SMILES string of the molecule is C=C/C(=C(\C)OC)[C@H](Cn1c(=O)n(C(C)(C)C(=O)NC(C)C)c(=O)c2c(C)c(-n3cccn3)sc21)OC(C)C. The Morgan fingerprint density at radius 3 is 2.44 bits per heavy atom. The average molecular weight is 558 g/mol. The lowest BCUT2D eigenvalue weighted by Gasteiger charge is -2.29. The van der Waals surface area contributed by atoms with Crippen molar-refractivity contribution < 1.29 is 14.3 Å². The maximum absolute atomic E-state index is 14.2. The van der Waals surface area contributed by atoms with E-state index in [9.17, 15) is 14.4 Å². The van der Waals surface area contributed by atoms with Crippen molar-refractivity contribution in [2.45, 2.75) is 85.7 Å². The Labute approximate surface area is 232 Å². The van der Waals surface area contributed by atoms with Crippen molar-refractivity contribution in [2.75, 3.05) is 7.11 Å². The molecule has 39 heavy (non-hydrogen) atoms. The fourth-order valence-corrected chi connectivity index (χ4v) is 5.71.